The highest BCUT2D eigenvalue weighted by Crippen LogP contribution is 2.64. The van der Waals surface area contributed by atoms with Gasteiger partial charge < -0.3 is 34.6 Å². The maximum absolute atomic E-state index is 12.5. The minimum absolute atomic E-state index is 0.111. The molecule has 0 aromatic heterocycles. The average Bonchev–Trinajstić information content (AvgIpc) is 3.22. The Morgan fingerprint density at radius 3 is 2.69 bits per heavy atom. The molecule has 9 atom stereocenters. The van der Waals surface area contributed by atoms with Crippen molar-refractivity contribution in [2.45, 2.75) is 55.9 Å². The topological polar surface area (TPSA) is 146 Å². The Morgan fingerprint density at radius 1 is 1.38 bits per heavy atom. The van der Waals surface area contributed by atoms with E-state index < -0.39 is 71.9 Å². The Morgan fingerprint density at radius 2 is 2.07 bits per heavy atom. The van der Waals surface area contributed by atoms with Crippen LogP contribution in [0.4, 0.5) is 0 Å². The zero-order chi connectivity index (χ0) is 21.3. The molecule has 0 unspecified atom stereocenters. The smallest absolute Gasteiger partial charge is 0.334 e. The lowest BCUT2D eigenvalue weighted by Crippen LogP contribution is -2.52. The highest BCUT2D eigenvalue weighted by molar-refractivity contribution is 5.91. The van der Waals surface area contributed by atoms with Gasteiger partial charge >= 0.3 is 11.9 Å². The molecule has 2 saturated heterocycles. The lowest BCUT2D eigenvalue weighted by molar-refractivity contribution is -0.162. The number of hydrogen-bond donors (Lipinski definition) is 4. The summed E-state index contributed by atoms with van der Waals surface area (Å²) < 4.78 is 16.8. The number of esters is 2. The summed E-state index contributed by atoms with van der Waals surface area (Å²) in [6.45, 7) is 6.02. The first-order valence-electron chi connectivity index (χ1n) is 9.66. The van der Waals surface area contributed by atoms with Crippen LogP contribution in [0.3, 0.4) is 0 Å². The van der Waals surface area contributed by atoms with Crippen LogP contribution in [0.1, 0.15) is 20.3 Å². The maximum Gasteiger partial charge on any atom is 0.334 e. The van der Waals surface area contributed by atoms with Crippen molar-refractivity contribution in [3.05, 3.63) is 23.8 Å². The quantitative estimate of drug-likeness (QED) is 0.256. The van der Waals surface area contributed by atoms with Crippen LogP contribution in [0.2, 0.25) is 0 Å². The molecule has 0 aromatic rings. The molecule has 0 aromatic carbocycles. The number of aliphatic hydroxyl groups is 4. The third-order valence-electron chi connectivity index (χ3n) is 7.06. The molecule has 29 heavy (non-hydrogen) atoms. The van der Waals surface area contributed by atoms with Crippen LogP contribution >= 0.6 is 0 Å². The number of fused-ring (bicyclic) bond motifs is 5. The van der Waals surface area contributed by atoms with Crippen molar-refractivity contribution < 1.29 is 44.2 Å². The summed E-state index contributed by atoms with van der Waals surface area (Å²) >= 11 is 0. The average molecular weight is 410 g/mol. The first-order chi connectivity index (χ1) is 13.6. The minimum Gasteiger partial charge on any atom is -0.458 e. The van der Waals surface area contributed by atoms with Gasteiger partial charge in [-0.25, -0.2) is 9.59 Å². The van der Waals surface area contributed by atoms with Crippen molar-refractivity contribution in [3.63, 3.8) is 0 Å². The summed E-state index contributed by atoms with van der Waals surface area (Å²) in [6, 6.07) is 0. The van der Waals surface area contributed by atoms with Crippen molar-refractivity contribution in [2.24, 2.45) is 17.8 Å². The fraction of sp³-hybridized carbons (Fsp3) is 0.700. The van der Waals surface area contributed by atoms with Crippen molar-refractivity contribution >= 4 is 11.9 Å². The number of rotatable bonds is 4. The predicted molar refractivity (Wildman–Crippen MR) is 96.2 cm³/mol. The molecule has 4 rings (SSSR count). The van der Waals surface area contributed by atoms with Crippen molar-refractivity contribution in [1.29, 1.82) is 0 Å². The van der Waals surface area contributed by atoms with Gasteiger partial charge in [0.25, 0.3) is 0 Å². The van der Waals surface area contributed by atoms with Crippen LogP contribution < -0.4 is 0 Å². The molecule has 0 radical (unpaired) electrons. The largest absolute Gasteiger partial charge is 0.458 e. The predicted octanol–water partition coefficient (Wildman–Crippen LogP) is -1.17. The Bertz CT molecular complexity index is 791. The second kappa shape index (κ2) is 6.61. The summed E-state index contributed by atoms with van der Waals surface area (Å²) in [5.74, 6) is -3.55. The first kappa shape index (κ1) is 20.5. The van der Waals surface area contributed by atoms with Crippen LogP contribution in [0.5, 0.6) is 0 Å². The van der Waals surface area contributed by atoms with Crippen LogP contribution in [0.15, 0.2) is 23.8 Å². The molecule has 4 fully saturated rings. The van der Waals surface area contributed by atoms with Crippen LogP contribution in [0.25, 0.3) is 0 Å². The van der Waals surface area contributed by atoms with E-state index in [0.717, 1.165) is 0 Å². The van der Waals surface area contributed by atoms with Crippen LogP contribution in [0, 0.1) is 17.8 Å². The van der Waals surface area contributed by atoms with E-state index in [1.54, 1.807) is 6.92 Å². The molecule has 4 N–H and O–H groups in total. The minimum atomic E-state index is -1.78. The molecule has 0 spiro atoms. The van der Waals surface area contributed by atoms with E-state index in [0.29, 0.717) is 0 Å². The summed E-state index contributed by atoms with van der Waals surface area (Å²) in [5.41, 5.74) is -2.33. The zero-order valence-corrected chi connectivity index (χ0v) is 16.3. The van der Waals surface area contributed by atoms with Gasteiger partial charge in [-0.3, -0.25) is 0 Å². The monoisotopic (exact) mass is 410 g/mol. The number of carbonyl (C=O) groups is 2. The fourth-order valence-corrected chi connectivity index (χ4v) is 5.54. The number of carbonyl (C=O) groups excluding carboxylic acids is 2. The number of hydrogen-bond acceptors (Lipinski definition) is 9. The summed E-state index contributed by atoms with van der Waals surface area (Å²) in [4.78, 5) is 24.8. The zero-order valence-electron chi connectivity index (χ0n) is 16.3. The number of ether oxygens (including phenoxy) is 3. The summed E-state index contributed by atoms with van der Waals surface area (Å²) in [5, 5.41) is 41.1. The molecule has 0 bridgehead atoms. The van der Waals surface area contributed by atoms with E-state index in [1.165, 1.54) is 13.0 Å². The third-order valence-corrected chi connectivity index (χ3v) is 7.06. The summed E-state index contributed by atoms with van der Waals surface area (Å²) in [7, 11) is 0. The van der Waals surface area contributed by atoms with Gasteiger partial charge in [0, 0.05) is 29.4 Å². The molecule has 2 aliphatic carbocycles. The lowest BCUT2D eigenvalue weighted by Gasteiger charge is -2.39. The highest BCUT2D eigenvalue weighted by atomic mass is 16.6. The Balaban J connectivity index is 1.76. The maximum atomic E-state index is 12.5. The van der Waals surface area contributed by atoms with E-state index in [-0.39, 0.29) is 24.2 Å². The van der Waals surface area contributed by atoms with Gasteiger partial charge in [0.2, 0.25) is 0 Å². The van der Waals surface area contributed by atoms with Crippen LogP contribution in [-0.2, 0) is 23.8 Å². The highest BCUT2D eigenvalue weighted by Gasteiger charge is 2.78. The Hall–Kier alpha value is -1.78. The SMILES string of the molecule is C=C1C(=O)O[C@@H]2[C@H]1[C@H](OC(=O)/C(C)=C/CO)C[C@](O)(CO)[C@@H]1[C@H](O)[C@H]3O[C@@]3(C)[C@H]21. The van der Waals surface area contributed by atoms with Gasteiger partial charge in [0.1, 0.15) is 23.9 Å². The van der Waals surface area contributed by atoms with Gasteiger partial charge in [-0.05, 0) is 19.9 Å². The van der Waals surface area contributed by atoms with Gasteiger partial charge in [0.05, 0.1) is 30.8 Å². The van der Waals surface area contributed by atoms with Crippen molar-refractivity contribution in [3.8, 4) is 0 Å². The van der Waals surface area contributed by atoms with Crippen LogP contribution in [-0.4, -0.2) is 81.2 Å². The van der Waals surface area contributed by atoms with Gasteiger partial charge in [-0.15, -0.1) is 0 Å². The molecule has 160 valence electrons. The Kier molecular flexibility index (Phi) is 4.67. The molecule has 9 nitrogen and oxygen atoms in total. The normalized spacial score (nSPS) is 48.3. The van der Waals surface area contributed by atoms with E-state index in [2.05, 4.69) is 6.58 Å². The lowest BCUT2D eigenvalue weighted by atomic mass is 9.74. The van der Waals surface area contributed by atoms with Crippen molar-refractivity contribution in [1.82, 2.24) is 0 Å². The molecule has 0 amide bonds. The number of aliphatic hydroxyl groups excluding tert-OH is 3. The molecular weight excluding hydrogens is 384 g/mol. The van der Waals surface area contributed by atoms with E-state index in [1.807, 2.05) is 0 Å². The summed E-state index contributed by atoms with van der Waals surface area (Å²) in [6.07, 6.45) is -2.38. The van der Waals surface area contributed by atoms with Gasteiger partial charge in [-0.2, -0.15) is 0 Å². The molecular formula is C20H26O9. The van der Waals surface area contributed by atoms with E-state index in [4.69, 9.17) is 19.3 Å². The molecule has 4 aliphatic rings. The third kappa shape index (κ3) is 2.79. The first-order valence-corrected chi connectivity index (χ1v) is 9.66. The van der Waals surface area contributed by atoms with Crippen molar-refractivity contribution in [2.75, 3.05) is 13.2 Å². The van der Waals surface area contributed by atoms with E-state index >= 15 is 0 Å². The fourth-order valence-electron chi connectivity index (χ4n) is 5.54. The van der Waals surface area contributed by atoms with Gasteiger partial charge in [0.15, 0.2) is 0 Å². The second-order valence-electron chi connectivity index (χ2n) is 8.66. The molecule has 2 heterocycles. The molecule has 9 heteroatoms. The van der Waals surface area contributed by atoms with Gasteiger partial charge in [-0.1, -0.05) is 6.58 Å². The molecule has 2 aliphatic heterocycles. The second-order valence-corrected chi connectivity index (χ2v) is 8.66. The van der Waals surface area contributed by atoms with E-state index in [9.17, 15) is 24.9 Å². The molecule has 2 saturated carbocycles. The Labute approximate surface area is 167 Å². The number of epoxide rings is 1. The standard InChI is InChI=1S/C20H26O9/c1-8(4-5-21)17(24)27-10-6-20(26,7-22)12-13(19(3)16(29-19)14(12)23)15-11(10)9(2)18(25)28-15/h4,10-16,21-23,26H,2,5-7H2,1,3H3/b8-4+/t10-,11-,12+,13+,14+,15-,16-,19+,20+/m1/s1.